The van der Waals surface area contributed by atoms with Crippen molar-refractivity contribution in [3.63, 3.8) is 0 Å². The number of rotatable bonds is 8. The third-order valence-electron chi connectivity index (χ3n) is 3.42. The summed E-state index contributed by atoms with van der Waals surface area (Å²) < 4.78 is 10.2. The van der Waals surface area contributed by atoms with Crippen molar-refractivity contribution in [2.45, 2.75) is 55.4 Å². The van der Waals surface area contributed by atoms with E-state index in [0.717, 1.165) is 0 Å². The Labute approximate surface area is 126 Å². The summed E-state index contributed by atoms with van der Waals surface area (Å²) in [5.41, 5.74) is 0. The SMILES string of the molecule is O=CC[C@@H](O)[C@H](O[C@H]1O[C@H](CO)[C@@H](O)[C@H](O)[C@H]1O)[C@H](O)CO. The maximum absolute atomic E-state index is 10.4. The van der Waals surface area contributed by atoms with Gasteiger partial charge in [-0.25, -0.2) is 0 Å². The molecular formula is C12H22O10. The van der Waals surface area contributed by atoms with Crippen molar-refractivity contribution in [3.8, 4) is 0 Å². The van der Waals surface area contributed by atoms with E-state index in [9.17, 15) is 30.3 Å². The van der Waals surface area contributed by atoms with Crippen LogP contribution in [0.5, 0.6) is 0 Å². The molecular weight excluding hydrogens is 304 g/mol. The van der Waals surface area contributed by atoms with E-state index >= 15 is 0 Å². The average molecular weight is 326 g/mol. The van der Waals surface area contributed by atoms with Crippen LogP contribution in [0.15, 0.2) is 0 Å². The van der Waals surface area contributed by atoms with Crippen LogP contribution in [0.25, 0.3) is 0 Å². The fraction of sp³-hybridized carbons (Fsp3) is 0.917. The minimum absolute atomic E-state index is 0.373. The van der Waals surface area contributed by atoms with Gasteiger partial charge in [-0.2, -0.15) is 0 Å². The van der Waals surface area contributed by atoms with Gasteiger partial charge < -0.3 is 50.0 Å². The lowest BCUT2D eigenvalue weighted by Crippen LogP contribution is -2.61. The molecule has 0 saturated carbocycles. The van der Waals surface area contributed by atoms with E-state index in [1.165, 1.54) is 0 Å². The van der Waals surface area contributed by atoms with E-state index < -0.39 is 68.7 Å². The summed E-state index contributed by atoms with van der Waals surface area (Å²) in [4.78, 5) is 10.4. The average Bonchev–Trinajstić information content (AvgIpc) is 2.51. The Hall–Kier alpha value is -0.690. The van der Waals surface area contributed by atoms with Crippen molar-refractivity contribution in [1.82, 2.24) is 0 Å². The number of ether oxygens (including phenoxy) is 2. The van der Waals surface area contributed by atoms with E-state index in [-0.39, 0.29) is 0 Å². The standard InChI is InChI=1S/C12H22O10/c13-2-1-5(16)11(6(17)3-14)22-12-10(20)9(19)8(18)7(4-15)21-12/h2,5-12,14-20H,1,3-4H2/t5-,6-,7-,8-,9+,10-,11+,12-/m1/s1. The molecule has 0 amide bonds. The Morgan fingerprint density at radius 3 is 2.18 bits per heavy atom. The Morgan fingerprint density at radius 1 is 1.05 bits per heavy atom. The van der Waals surface area contributed by atoms with Crippen LogP contribution >= 0.6 is 0 Å². The van der Waals surface area contributed by atoms with Gasteiger partial charge in [-0.05, 0) is 0 Å². The number of aliphatic hydroxyl groups is 7. The molecule has 1 rings (SSSR count). The molecule has 0 unspecified atom stereocenters. The van der Waals surface area contributed by atoms with E-state index in [2.05, 4.69) is 0 Å². The van der Waals surface area contributed by atoms with Gasteiger partial charge in [-0.15, -0.1) is 0 Å². The lowest BCUT2D eigenvalue weighted by Gasteiger charge is -2.41. The van der Waals surface area contributed by atoms with Crippen LogP contribution in [0.1, 0.15) is 6.42 Å². The smallest absolute Gasteiger partial charge is 0.187 e. The highest BCUT2D eigenvalue weighted by Gasteiger charge is 2.46. The van der Waals surface area contributed by atoms with Gasteiger partial charge >= 0.3 is 0 Å². The zero-order valence-corrected chi connectivity index (χ0v) is 11.7. The number of aliphatic hydroxyl groups excluding tert-OH is 7. The first-order valence-corrected chi connectivity index (χ1v) is 6.73. The summed E-state index contributed by atoms with van der Waals surface area (Å²) >= 11 is 0. The number of aldehydes is 1. The minimum atomic E-state index is -1.73. The number of hydrogen-bond acceptors (Lipinski definition) is 10. The molecule has 7 N–H and O–H groups in total. The Morgan fingerprint density at radius 2 is 1.68 bits per heavy atom. The first-order chi connectivity index (χ1) is 10.4. The van der Waals surface area contributed by atoms with E-state index in [0.29, 0.717) is 6.29 Å². The van der Waals surface area contributed by atoms with E-state index in [4.69, 9.17) is 19.7 Å². The van der Waals surface area contributed by atoms with Gasteiger partial charge in [0.2, 0.25) is 0 Å². The van der Waals surface area contributed by atoms with Crippen LogP contribution in [-0.4, -0.2) is 104 Å². The second kappa shape index (κ2) is 8.82. The molecule has 0 aliphatic carbocycles. The summed E-state index contributed by atoms with van der Waals surface area (Å²) in [6.45, 7) is -1.47. The summed E-state index contributed by atoms with van der Waals surface area (Å²) in [5, 5.41) is 66.4. The normalized spacial score (nSPS) is 36.6. The second-order valence-electron chi connectivity index (χ2n) is 5.02. The minimum Gasteiger partial charge on any atom is -0.394 e. The van der Waals surface area contributed by atoms with Crippen LogP contribution in [-0.2, 0) is 14.3 Å². The lowest BCUT2D eigenvalue weighted by atomic mass is 9.99. The second-order valence-corrected chi connectivity index (χ2v) is 5.02. The highest BCUT2D eigenvalue weighted by atomic mass is 16.7. The van der Waals surface area contributed by atoms with Gasteiger partial charge in [0.05, 0.1) is 19.3 Å². The van der Waals surface area contributed by atoms with Gasteiger partial charge in [0.1, 0.15) is 42.9 Å². The van der Waals surface area contributed by atoms with Crippen molar-refractivity contribution in [2.24, 2.45) is 0 Å². The molecule has 0 aromatic heterocycles. The van der Waals surface area contributed by atoms with Crippen molar-refractivity contribution < 1.29 is 50.0 Å². The van der Waals surface area contributed by atoms with Crippen molar-refractivity contribution in [1.29, 1.82) is 0 Å². The zero-order valence-electron chi connectivity index (χ0n) is 11.7. The summed E-state index contributed by atoms with van der Waals surface area (Å²) in [7, 11) is 0. The van der Waals surface area contributed by atoms with Crippen LogP contribution in [0.2, 0.25) is 0 Å². The molecule has 1 fully saturated rings. The Bertz CT molecular complexity index is 338. The molecule has 10 heteroatoms. The predicted molar refractivity (Wildman–Crippen MR) is 68.4 cm³/mol. The molecule has 1 heterocycles. The molecule has 0 bridgehead atoms. The molecule has 0 spiro atoms. The highest BCUT2D eigenvalue weighted by molar-refractivity contribution is 5.50. The van der Waals surface area contributed by atoms with E-state index in [1.54, 1.807) is 0 Å². The number of hydrogen-bond donors (Lipinski definition) is 7. The van der Waals surface area contributed by atoms with Crippen molar-refractivity contribution in [2.75, 3.05) is 13.2 Å². The molecule has 1 saturated heterocycles. The maximum atomic E-state index is 10.4. The van der Waals surface area contributed by atoms with Crippen LogP contribution < -0.4 is 0 Å². The van der Waals surface area contributed by atoms with Crippen LogP contribution in [0, 0.1) is 0 Å². The maximum Gasteiger partial charge on any atom is 0.187 e. The quantitative estimate of drug-likeness (QED) is 0.215. The molecule has 1 aliphatic rings. The largest absolute Gasteiger partial charge is 0.394 e. The summed E-state index contributed by atoms with van der Waals surface area (Å²) in [6.07, 6.45) is -12.4. The lowest BCUT2D eigenvalue weighted by molar-refractivity contribution is -0.324. The van der Waals surface area contributed by atoms with E-state index in [1.807, 2.05) is 0 Å². The molecule has 10 nitrogen and oxygen atoms in total. The molecule has 0 aromatic carbocycles. The van der Waals surface area contributed by atoms with Gasteiger partial charge in [-0.3, -0.25) is 0 Å². The predicted octanol–water partition coefficient (Wildman–Crippen LogP) is -4.53. The number of carbonyl (C=O) groups is 1. The van der Waals surface area contributed by atoms with Gasteiger partial charge in [-0.1, -0.05) is 0 Å². The van der Waals surface area contributed by atoms with Gasteiger partial charge in [0.15, 0.2) is 6.29 Å². The Kier molecular flexibility index (Phi) is 7.76. The molecule has 1 aliphatic heterocycles. The van der Waals surface area contributed by atoms with Gasteiger partial charge in [0, 0.05) is 6.42 Å². The fourth-order valence-corrected chi connectivity index (χ4v) is 2.11. The molecule has 8 atom stereocenters. The van der Waals surface area contributed by atoms with Gasteiger partial charge in [0.25, 0.3) is 0 Å². The fourth-order valence-electron chi connectivity index (χ4n) is 2.11. The summed E-state index contributed by atoms with van der Waals surface area (Å²) in [5.74, 6) is 0. The highest BCUT2D eigenvalue weighted by Crippen LogP contribution is 2.24. The monoisotopic (exact) mass is 326 g/mol. The van der Waals surface area contributed by atoms with Crippen LogP contribution in [0.3, 0.4) is 0 Å². The first kappa shape index (κ1) is 19.4. The summed E-state index contributed by atoms with van der Waals surface area (Å²) in [6, 6.07) is 0. The first-order valence-electron chi connectivity index (χ1n) is 6.73. The van der Waals surface area contributed by atoms with Crippen molar-refractivity contribution in [3.05, 3.63) is 0 Å². The topological polar surface area (TPSA) is 177 Å². The molecule has 0 aromatic rings. The van der Waals surface area contributed by atoms with Crippen molar-refractivity contribution >= 4 is 6.29 Å². The molecule has 130 valence electrons. The third-order valence-corrected chi connectivity index (χ3v) is 3.42. The Balaban J connectivity index is 2.84. The van der Waals surface area contributed by atoms with Crippen LogP contribution in [0.4, 0.5) is 0 Å². The number of carbonyl (C=O) groups excluding carboxylic acids is 1. The zero-order chi connectivity index (χ0) is 16.9. The molecule has 0 radical (unpaired) electrons. The third kappa shape index (κ3) is 4.41. The molecule has 22 heavy (non-hydrogen) atoms.